The van der Waals surface area contributed by atoms with E-state index in [4.69, 9.17) is 4.74 Å². The number of aromatic nitrogens is 3. The molecule has 0 bridgehead atoms. The molecule has 1 amide bonds. The van der Waals surface area contributed by atoms with E-state index in [9.17, 15) is 4.79 Å². The molecular formula is C25H24N4O2S. The lowest BCUT2D eigenvalue weighted by Gasteiger charge is -2.09. The van der Waals surface area contributed by atoms with Crippen molar-refractivity contribution in [3.63, 3.8) is 0 Å². The number of hydrogen-bond acceptors (Lipinski definition) is 5. The van der Waals surface area contributed by atoms with Crippen LogP contribution >= 0.6 is 11.8 Å². The Bertz CT molecular complexity index is 1190. The van der Waals surface area contributed by atoms with Crippen LogP contribution in [0.1, 0.15) is 11.4 Å². The molecule has 0 aliphatic heterocycles. The van der Waals surface area contributed by atoms with Gasteiger partial charge in [-0.05, 0) is 41.8 Å². The summed E-state index contributed by atoms with van der Waals surface area (Å²) < 4.78 is 7.70. The molecule has 4 rings (SSSR count). The fraction of sp³-hybridized carbons (Fsp3) is 0.160. The molecule has 3 aromatic carbocycles. The summed E-state index contributed by atoms with van der Waals surface area (Å²) in [6.07, 6.45) is 0. The second-order valence-electron chi connectivity index (χ2n) is 7.29. The second kappa shape index (κ2) is 10.2. The lowest BCUT2D eigenvalue weighted by molar-refractivity contribution is -0.113. The van der Waals surface area contributed by atoms with Gasteiger partial charge in [-0.3, -0.25) is 4.79 Å². The molecule has 162 valence electrons. The summed E-state index contributed by atoms with van der Waals surface area (Å²) in [7, 11) is 1.87. The molecule has 7 heteroatoms. The zero-order valence-corrected chi connectivity index (χ0v) is 18.8. The van der Waals surface area contributed by atoms with Crippen molar-refractivity contribution in [1.82, 2.24) is 14.8 Å². The highest BCUT2D eigenvalue weighted by Gasteiger charge is 2.13. The minimum atomic E-state index is -0.0943. The van der Waals surface area contributed by atoms with Crippen LogP contribution in [0.15, 0.2) is 84.0 Å². The van der Waals surface area contributed by atoms with Crippen molar-refractivity contribution in [2.75, 3.05) is 11.1 Å². The van der Waals surface area contributed by atoms with Crippen molar-refractivity contribution in [3.05, 3.63) is 90.3 Å². The molecular weight excluding hydrogens is 420 g/mol. The van der Waals surface area contributed by atoms with Crippen LogP contribution in [0.25, 0.3) is 11.1 Å². The van der Waals surface area contributed by atoms with Crippen molar-refractivity contribution in [2.24, 2.45) is 7.05 Å². The minimum Gasteiger partial charge on any atom is -0.485 e. The first-order chi connectivity index (χ1) is 15.6. The molecule has 0 saturated carbocycles. The van der Waals surface area contributed by atoms with Gasteiger partial charge < -0.3 is 14.6 Å². The Hall–Kier alpha value is -3.58. The van der Waals surface area contributed by atoms with E-state index in [1.165, 1.54) is 11.8 Å². The van der Waals surface area contributed by atoms with E-state index in [2.05, 4.69) is 27.6 Å². The van der Waals surface area contributed by atoms with E-state index >= 15 is 0 Å². The number of nitrogens with one attached hydrogen (secondary N) is 1. The van der Waals surface area contributed by atoms with Crippen molar-refractivity contribution >= 4 is 23.4 Å². The van der Waals surface area contributed by atoms with Gasteiger partial charge in [-0.2, -0.15) is 0 Å². The number of amides is 1. The number of aryl methyl sites for hydroxylation is 1. The van der Waals surface area contributed by atoms with Gasteiger partial charge in [0.1, 0.15) is 12.4 Å². The van der Waals surface area contributed by atoms with Crippen LogP contribution in [0.3, 0.4) is 0 Å². The highest BCUT2D eigenvalue weighted by Crippen LogP contribution is 2.22. The lowest BCUT2D eigenvalue weighted by atomic mass is 10.1. The predicted octanol–water partition coefficient (Wildman–Crippen LogP) is 5.10. The number of rotatable bonds is 8. The Kier molecular flexibility index (Phi) is 6.87. The van der Waals surface area contributed by atoms with E-state index in [0.717, 1.165) is 28.1 Å². The van der Waals surface area contributed by atoms with Crippen molar-refractivity contribution in [2.45, 2.75) is 18.7 Å². The fourth-order valence-electron chi connectivity index (χ4n) is 3.16. The van der Waals surface area contributed by atoms with Crippen LogP contribution < -0.4 is 10.1 Å². The monoisotopic (exact) mass is 444 g/mol. The molecule has 0 aliphatic carbocycles. The maximum atomic E-state index is 12.4. The molecule has 6 nitrogen and oxygen atoms in total. The first-order valence-electron chi connectivity index (χ1n) is 10.2. The standard InChI is InChI=1S/C25H24N4O2S/c1-18-8-6-7-11-22(18)31-16-23-27-28-25(29(23)2)32-17-24(30)26-21-14-12-20(13-15-21)19-9-4-3-5-10-19/h3-15H,16-17H2,1-2H3,(H,26,30). The number of benzene rings is 3. The number of ether oxygens (including phenoxy) is 1. The Morgan fingerprint density at radius 2 is 1.62 bits per heavy atom. The third-order valence-electron chi connectivity index (χ3n) is 4.98. The van der Waals surface area contributed by atoms with E-state index in [1.54, 1.807) is 0 Å². The number of hydrogen-bond donors (Lipinski definition) is 1. The van der Waals surface area contributed by atoms with Crippen molar-refractivity contribution in [1.29, 1.82) is 0 Å². The number of carbonyl (C=O) groups is 1. The van der Waals surface area contributed by atoms with Gasteiger partial charge in [0.2, 0.25) is 5.91 Å². The molecule has 0 atom stereocenters. The summed E-state index contributed by atoms with van der Waals surface area (Å²) >= 11 is 1.34. The largest absolute Gasteiger partial charge is 0.485 e. The Morgan fingerprint density at radius 3 is 2.38 bits per heavy atom. The molecule has 0 saturated heterocycles. The van der Waals surface area contributed by atoms with Gasteiger partial charge >= 0.3 is 0 Å². The maximum absolute atomic E-state index is 12.4. The van der Waals surface area contributed by atoms with Gasteiger partial charge in [-0.15, -0.1) is 10.2 Å². The first kappa shape index (κ1) is 21.6. The van der Waals surface area contributed by atoms with Crippen LogP contribution in [0.2, 0.25) is 0 Å². The van der Waals surface area contributed by atoms with E-state index < -0.39 is 0 Å². The number of thioether (sulfide) groups is 1. The Labute approximate surface area is 191 Å². The van der Waals surface area contributed by atoms with Crippen molar-refractivity contribution in [3.8, 4) is 16.9 Å². The van der Waals surface area contributed by atoms with Crippen LogP contribution in [0.4, 0.5) is 5.69 Å². The van der Waals surface area contributed by atoms with Gasteiger partial charge in [0.15, 0.2) is 11.0 Å². The zero-order chi connectivity index (χ0) is 22.3. The van der Waals surface area contributed by atoms with Gasteiger partial charge in [0.05, 0.1) is 5.75 Å². The van der Waals surface area contributed by atoms with Gasteiger partial charge in [0, 0.05) is 12.7 Å². The number of para-hydroxylation sites is 1. The molecule has 1 heterocycles. The Morgan fingerprint density at radius 1 is 0.938 bits per heavy atom. The van der Waals surface area contributed by atoms with Crippen molar-refractivity contribution < 1.29 is 9.53 Å². The molecule has 1 aromatic heterocycles. The van der Waals surface area contributed by atoms with E-state index in [-0.39, 0.29) is 11.7 Å². The molecule has 32 heavy (non-hydrogen) atoms. The average molecular weight is 445 g/mol. The van der Waals surface area contributed by atoms with Crippen LogP contribution in [-0.2, 0) is 18.4 Å². The maximum Gasteiger partial charge on any atom is 0.234 e. The Balaban J connectivity index is 1.29. The quantitative estimate of drug-likeness (QED) is 0.383. The normalized spacial score (nSPS) is 10.7. The molecule has 0 radical (unpaired) electrons. The lowest BCUT2D eigenvalue weighted by Crippen LogP contribution is -2.14. The summed E-state index contributed by atoms with van der Waals surface area (Å²) in [6.45, 7) is 2.32. The third-order valence-corrected chi connectivity index (χ3v) is 6.00. The minimum absolute atomic E-state index is 0.0943. The van der Waals surface area contributed by atoms with Crippen LogP contribution in [0, 0.1) is 6.92 Å². The highest BCUT2D eigenvalue weighted by molar-refractivity contribution is 7.99. The summed E-state index contributed by atoms with van der Waals surface area (Å²) in [6, 6.07) is 25.8. The topological polar surface area (TPSA) is 69.0 Å². The van der Waals surface area contributed by atoms with E-state index in [1.807, 2.05) is 85.3 Å². The number of carbonyl (C=O) groups excluding carboxylic acids is 1. The number of anilines is 1. The smallest absolute Gasteiger partial charge is 0.234 e. The summed E-state index contributed by atoms with van der Waals surface area (Å²) in [5, 5.41) is 12.0. The molecule has 1 N–H and O–H groups in total. The zero-order valence-electron chi connectivity index (χ0n) is 18.0. The highest BCUT2D eigenvalue weighted by atomic mass is 32.2. The van der Waals surface area contributed by atoms with Gasteiger partial charge in [-0.25, -0.2) is 0 Å². The summed E-state index contributed by atoms with van der Waals surface area (Å²) in [5.41, 5.74) is 4.08. The third kappa shape index (κ3) is 5.36. The first-order valence-corrected chi connectivity index (χ1v) is 11.2. The van der Waals surface area contributed by atoms with Crippen LogP contribution in [-0.4, -0.2) is 26.4 Å². The second-order valence-corrected chi connectivity index (χ2v) is 8.23. The summed E-state index contributed by atoms with van der Waals surface area (Å²) in [5.74, 6) is 1.67. The molecule has 0 unspecified atom stereocenters. The fourth-order valence-corrected chi connectivity index (χ4v) is 3.89. The molecule has 0 aliphatic rings. The molecule has 0 spiro atoms. The average Bonchev–Trinajstić information content (AvgIpc) is 3.17. The van der Waals surface area contributed by atoms with Gasteiger partial charge in [0.25, 0.3) is 0 Å². The van der Waals surface area contributed by atoms with Gasteiger partial charge in [-0.1, -0.05) is 72.4 Å². The molecule has 4 aromatic rings. The van der Waals surface area contributed by atoms with Crippen LogP contribution in [0.5, 0.6) is 5.75 Å². The van der Waals surface area contributed by atoms with E-state index in [0.29, 0.717) is 17.6 Å². The predicted molar refractivity (Wildman–Crippen MR) is 128 cm³/mol. The molecule has 0 fully saturated rings. The number of nitrogens with zero attached hydrogens (tertiary/aromatic N) is 3. The summed E-state index contributed by atoms with van der Waals surface area (Å²) in [4.78, 5) is 12.4. The SMILES string of the molecule is Cc1ccccc1OCc1nnc(SCC(=O)Nc2ccc(-c3ccccc3)cc2)n1C.